The molecular formula is C23H25ClN4O2S. The number of anilines is 1. The van der Waals surface area contributed by atoms with E-state index in [0.29, 0.717) is 49.4 Å². The van der Waals surface area contributed by atoms with Gasteiger partial charge in [-0.2, -0.15) is 0 Å². The van der Waals surface area contributed by atoms with E-state index in [1.807, 2.05) is 60.4 Å². The number of fused-ring (bicyclic) bond motifs is 1. The molecule has 0 saturated carbocycles. The van der Waals surface area contributed by atoms with Gasteiger partial charge in [0.1, 0.15) is 5.82 Å². The Balaban J connectivity index is 1.55. The number of halogens is 1. The third kappa shape index (κ3) is 5.47. The second-order valence-electron chi connectivity index (χ2n) is 7.30. The van der Waals surface area contributed by atoms with E-state index in [1.165, 1.54) is 11.8 Å². The molecule has 1 aliphatic rings. The van der Waals surface area contributed by atoms with Gasteiger partial charge in [-0.05, 0) is 36.2 Å². The Morgan fingerprint density at radius 1 is 1.16 bits per heavy atom. The minimum Gasteiger partial charge on any atom is -0.378 e. The topological polar surface area (TPSA) is 67.4 Å². The van der Waals surface area contributed by atoms with Crippen LogP contribution in [0.3, 0.4) is 0 Å². The maximum absolute atomic E-state index is 13.0. The Morgan fingerprint density at radius 3 is 2.65 bits per heavy atom. The lowest BCUT2D eigenvalue weighted by Gasteiger charge is -2.29. The molecule has 0 aliphatic carbocycles. The zero-order valence-electron chi connectivity index (χ0n) is 17.4. The van der Waals surface area contributed by atoms with Gasteiger partial charge in [-0.25, -0.2) is 9.97 Å². The molecule has 1 unspecified atom stereocenters. The number of thioether (sulfide) groups is 1. The molecule has 0 bridgehead atoms. The summed E-state index contributed by atoms with van der Waals surface area (Å²) in [7, 11) is 0. The van der Waals surface area contributed by atoms with Crippen molar-refractivity contribution in [1.29, 1.82) is 0 Å². The summed E-state index contributed by atoms with van der Waals surface area (Å²) in [6.07, 6.45) is 0.713. The minimum absolute atomic E-state index is 0.128. The number of para-hydroxylation sites is 1. The van der Waals surface area contributed by atoms with Gasteiger partial charge in [0.05, 0.1) is 24.0 Å². The molecule has 1 atom stereocenters. The molecule has 1 fully saturated rings. The molecule has 31 heavy (non-hydrogen) atoms. The molecule has 0 spiro atoms. The third-order valence-corrected chi connectivity index (χ3v) is 6.64. The van der Waals surface area contributed by atoms with Crippen LogP contribution in [-0.2, 0) is 16.1 Å². The molecule has 2 heterocycles. The monoisotopic (exact) mass is 456 g/mol. The lowest BCUT2D eigenvalue weighted by molar-refractivity contribution is -0.134. The number of carbonyl (C=O) groups excluding carboxylic acids is 1. The van der Waals surface area contributed by atoms with Gasteiger partial charge in [-0.1, -0.05) is 54.6 Å². The fourth-order valence-corrected chi connectivity index (χ4v) is 4.55. The summed E-state index contributed by atoms with van der Waals surface area (Å²) in [6.45, 7) is 5.11. The highest BCUT2D eigenvalue weighted by Crippen LogP contribution is 2.29. The van der Waals surface area contributed by atoms with E-state index < -0.39 is 0 Å². The van der Waals surface area contributed by atoms with Crippen molar-refractivity contribution >= 4 is 46.0 Å². The first-order chi connectivity index (χ1) is 15.1. The van der Waals surface area contributed by atoms with E-state index in [-0.39, 0.29) is 11.2 Å². The van der Waals surface area contributed by atoms with Crippen molar-refractivity contribution in [3.05, 3.63) is 59.1 Å². The van der Waals surface area contributed by atoms with Gasteiger partial charge in [0, 0.05) is 30.0 Å². The Hall–Kier alpha value is -2.35. The van der Waals surface area contributed by atoms with Gasteiger partial charge in [-0.3, -0.25) is 4.79 Å². The highest BCUT2D eigenvalue weighted by Gasteiger charge is 2.26. The molecule has 1 aromatic heterocycles. The lowest BCUT2D eigenvalue weighted by atomic mass is 10.2. The summed E-state index contributed by atoms with van der Waals surface area (Å²) < 4.78 is 5.37. The fourth-order valence-electron chi connectivity index (χ4n) is 3.45. The Labute approximate surface area is 191 Å². The molecule has 8 heteroatoms. The van der Waals surface area contributed by atoms with Crippen molar-refractivity contribution in [1.82, 2.24) is 14.9 Å². The maximum atomic E-state index is 13.0. The van der Waals surface area contributed by atoms with Crippen LogP contribution in [0.15, 0.2) is 53.7 Å². The highest BCUT2D eigenvalue weighted by molar-refractivity contribution is 8.00. The van der Waals surface area contributed by atoms with Crippen LogP contribution in [0.4, 0.5) is 5.82 Å². The summed E-state index contributed by atoms with van der Waals surface area (Å²) in [5, 5.41) is 5.48. The first-order valence-corrected chi connectivity index (χ1v) is 11.7. The van der Waals surface area contributed by atoms with Crippen molar-refractivity contribution in [2.75, 3.05) is 31.6 Å². The van der Waals surface area contributed by atoms with Crippen LogP contribution in [0.1, 0.15) is 18.9 Å². The zero-order chi connectivity index (χ0) is 21.6. The maximum Gasteiger partial charge on any atom is 0.236 e. The van der Waals surface area contributed by atoms with E-state index in [0.717, 1.165) is 22.3 Å². The molecule has 1 amide bonds. The number of hydrogen-bond donors (Lipinski definition) is 1. The van der Waals surface area contributed by atoms with Gasteiger partial charge in [0.2, 0.25) is 5.91 Å². The van der Waals surface area contributed by atoms with E-state index in [1.54, 1.807) is 0 Å². The van der Waals surface area contributed by atoms with Crippen molar-refractivity contribution in [3.8, 4) is 0 Å². The molecular weight excluding hydrogens is 432 g/mol. The Kier molecular flexibility index (Phi) is 7.27. The standard InChI is InChI=1S/C23H25ClN4O2S/c1-2-20(22(29)28-11-13-30-14-12-28)31-23-26-19-6-4-3-5-18(19)21(27-23)25-15-16-7-9-17(24)10-8-16/h3-10,20H,2,11-15H2,1H3,(H,25,26,27). The van der Waals surface area contributed by atoms with Crippen molar-refractivity contribution < 1.29 is 9.53 Å². The molecule has 1 saturated heterocycles. The summed E-state index contributed by atoms with van der Waals surface area (Å²) in [4.78, 5) is 24.4. The van der Waals surface area contributed by atoms with Crippen LogP contribution in [0.5, 0.6) is 0 Å². The average Bonchev–Trinajstić information content (AvgIpc) is 2.82. The summed E-state index contributed by atoms with van der Waals surface area (Å²) in [5.74, 6) is 0.889. The van der Waals surface area contributed by atoms with Gasteiger partial charge in [0.15, 0.2) is 5.16 Å². The Morgan fingerprint density at radius 2 is 1.90 bits per heavy atom. The van der Waals surface area contributed by atoms with Gasteiger partial charge in [0.25, 0.3) is 0 Å². The van der Waals surface area contributed by atoms with Crippen molar-refractivity contribution in [2.45, 2.75) is 30.3 Å². The largest absolute Gasteiger partial charge is 0.378 e. The summed E-state index contributed by atoms with van der Waals surface area (Å²) >= 11 is 7.42. The van der Waals surface area contributed by atoms with Crippen LogP contribution in [0.25, 0.3) is 10.9 Å². The second kappa shape index (κ2) is 10.3. The van der Waals surface area contributed by atoms with Crippen LogP contribution >= 0.6 is 23.4 Å². The number of ether oxygens (including phenoxy) is 1. The number of nitrogens with one attached hydrogen (secondary N) is 1. The first-order valence-electron chi connectivity index (χ1n) is 10.4. The van der Waals surface area contributed by atoms with Crippen molar-refractivity contribution in [2.24, 2.45) is 0 Å². The number of aromatic nitrogens is 2. The van der Waals surface area contributed by atoms with Crippen LogP contribution in [0.2, 0.25) is 5.02 Å². The van der Waals surface area contributed by atoms with E-state index in [4.69, 9.17) is 26.3 Å². The molecule has 3 aromatic rings. The SMILES string of the molecule is CCC(Sc1nc(NCc2ccc(Cl)cc2)c2ccccc2n1)C(=O)N1CCOCC1. The van der Waals surface area contributed by atoms with Crippen LogP contribution < -0.4 is 5.32 Å². The number of rotatable bonds is 7. The Bertz CT molecular complexity index is 1040. The molecule has 1 N–H and O–H groups in total. The molecule has 2 aromatic carbocycles. The number of amides is 1. The zero-order valence-corrected chi connectivity index (χ0v) is 19.0. The predicted octanol–water partition coefficient (Wildman–Crippen LogP) is 4.62. The molecule has 6 nitrogen and oxygen atoms in total. The molecule has 0 radical (unpaired) electrons. The first kappa shape index (κ1) is 21.9. The van der Waals surface area contributed by atoms with E-state index in [9.17, 15) is 4.79 Å². The highest BCUT2D eigenvalue weighted by atomic mass is 35.5. The average molecular weight is 457 g/mol. The van der Waals surface area contributed by atoms with Gasteiger partial charge < -0.3 is 15.0 Å². The van der Waals surface area contributed by atoms with Crippen LogP contribution in [-0.4, -0.2) is 52.3 Å². The second-order valence-corrected chi connectivity index (χ2v) is 8.91. The number of hydrogen-bond acceptors (Lipinski definition) is 6. The fraction of sp³-hybridized carbons (Fsp3) is 0.348. The summed E-state index contributed by atoms with van der Waals surface area (Å²) in [5.41, 5.74) is 1.96. The third-order valence-electron chi connectivity index (χ3n) is 5.17. The predicted molar refractivity (Wildman–Crippen MR) is 126 cm³/mol. The normalized spacial score (nSPS) is 15.1. The van der Waals surface area contributed by atoms with Crippen molar-refractivity contribution in [3.63, 3.8) is 0 Å². The van der Waals surface area contributed by atoms with Crippen LogP contribution in [0, 0.1) is 0 Å². The van der Waals surface area contributed by atoms with E-state index in [2.05, 4.69) is 5.32 Å². The number of nitrogens with zero attached hydrogens (tertiary/aromatic N) is 3. The lowest BCUT2D eigenvalue weighted by Crippen LogP contribution is -2.44. The number of carbonyl (C=O) groups is 1. The quantitative estimate of drug-likeness (QED) is 0.413. The van der Waals surface area contributed by atoms with Gasteiger partial charge in [-0.15, -0.1) is 0 Å². The molecule has 162 valence electrons. The molecule has 4 rings (SSSR count). The number of morpholine rings is 1. The van der Waals surface area contributed by atoms with E-state index >= 15 is 0 Å². The molecule has 1 aliphatic heterocycles. The van der Waals surface area contributed by atoms with Gasteiger partial charge >= 0.3 is 0 Å². The smallest absolute Gasteiger partial charge is 0.236 e. The minimum atomic E-state index is -0.219. The number of benzene rings is 2. The summed E-state index contributed by atoms with van der Waals surface area (Å²) in [6, 6.07) is 15.6.